The zero-order valence-corrected chi connectivity index (χ0v) is 20.6. The molecule has 1 heterocycles. The fourth-order valence-electron chi connectivity index (χ4n) is 3.95. The van der Waals surface area contributed by atoms with Gasteiger partial charge in [0.25, 0.3) is 0 Å². The number of pyridine rings is 1. The van der Waals surface area contributed by atoms with Crippen molar-refractivity contribution in [1.29, 1.82) is 0 Å². The van der Waals surface area contributed by atoms with Crippen molar-refractivity contribution in [2.45, 2.75) is 39.5 Å². The number of rotatable bonds is 10. The molecular weight excluding hydrogens is 450 g/mol. The average molecular weight is 482 g/mol. The van der Waals surface area contributed by atoms with Gasteiger partial charge in [-0.25, -0.2) is 0 Å². The van der Waals surface area contributed by atoms with Crippen molar-refractivity contribution >= 4 is 22.6 Å². The minimum atomic E-state index is -0.611. The van der Waals surface area contributed by atoms with E-state index in [-0.39, 0.29) is 24.2 Å². The topological polar surface area (TPSA) is 80.3 Å². The largest absolute Gasteiger partial charge is 0.489 e. The summed E-state index contributed by atoms with van der Waals surface area (Å²) in [7, 11) is 0. The van der Waals surface area contributed by atoms with E-state index >= 15 is 0 Å². The van der Waals surface area contributed by atoms with Crippen molar-refractivity contribution in [3.8, 4) is 5.75 Å². The smallest absolute Gasteiger partial charge is 0.243 e. The third-order valence-electron chi connectivity index (χ3n) is 5.96. The number of nitrogens with zero attached hydrogens (tertiary/aromatic N) is 1. The van der Waals surface area contributed by atoms with E-state index in [0.29, 0.717) is 13.2 Å². The Hall–Kier alpha value is -4.19. The van der Waals surface area contributed by atoms with E-state index in [1.165, 1.54) is 0 Å². The number of carbonyl (C=O) groups is 2. The molecule has 2 amide bonds. The van der Waals surface area contributed by atoms with Crippen LogP contribution in [0.25, 0.3) is 10.8 Å². The van der Waals surface area contributed by atoms with Crippen LogP contribution in [0.5, 0.6) is 5.75 Å². The van der Waals surface area contributed by atoms with Gasteiger partial charge >= 0.3 is 0 Å². The number of aromatic nitrogens is 1. The molecule has 0 bridgehead atoms. The van der Waals surface area contributed by atoms with E-state index in [0.717, 1.165) is 33.2 Å². The highest BCUT2D eigenvalue weighted by atomic mass is 16.5. The molecule has 6 nitrogen and oxygen atoms in total. The highest BCUT2D eigenvalue weighted by Gasteiger charge is 2.24. The number of benzene rings is 3. The van der Waals surface area contributed by atoms with Gasteiger partial charge in [0, 0.05) is 24.5 Å². The first-order chi connectivity index (χ1) is 17.5. The molecular formula is C30H31N3O3. The summed E-state index contributed by atoms with van der Waals surface area (Å²) in [5, 5.41) is 8.09. The first-order valence-corrected chi connectivity index (χ1v) is 12.1. The van der Waals surface area contributed by atoms with Crippen LogP contribution in [0.3, 0.4) is 0 Å². The molecule has 0 aliphatic rings. The summed E-state index contributed by atoms with van der Waals surface area (Å²) in [4.78, 5) is 29.7. The van der Waals surface area contributed by atoms with Crippen LogP contribution in [-0.2, 0) is 29.2 Å². The van der Waals surface area contributed by atoms with Crippen LogP contribution in [-0.4, -0.2) is 22.8 Å². The van der Waals surface area contributed by atoms with Crippen LogP contribution in [0.4, 0.5) is 0 Å². The Kier molecular flexibility index (Phi) is 8.29. The molecule has 0 radical (unpaired) electrons. The van der Waals surface area contributed by atoms with Gasteiger partial charge in [-0.2, -0.15) is 0 Å². The van der Waals surface area contributed by atoms with Crippen molar-refractivity contribution in [1.82, 2.24) is 15.6 Å². The van der Waals surface area contributed by atoms with Crippen molar-refractivity contribution in [3.63, 3.8) is 0 Å². The summed E-state index contributed by atoms with van der Waals surface area (Å²) in [5.74, 6) is 0.326. The Morgan fingerprint density at radius 3 is 2.33 bits per heavy atom. The number of amides is 2. The molecule has 0 fully saturated rings. The SMILES string of the molecule is CC(C)C(NC(=O)Cc1ccc2ccccc2c1)C(=O)NCc1ccc(OCc2cccnc2)cc1. The van der Waals surface area contributed by atoms with Gasteiger partial charge in [0.05, 0.1) is 6.42 Å². The predicted molar refractivity (Wildman–Crippen MR) is 141 cm³/mol. The van der Waals surface area contributed by atoms with Crippen molar-refractivity contribution in [3.05, 3.63) is 108 Å². The maximum Gasteiger partial charge on any atom is 0.243 e. The van der Waals surface area contributed by atoms with Gasteiger partial charge in [-0.3, -0.25) is 14.6 Å². The Bertz CT molecular complexity index is 1300. The summed E-state index contributed by atoms with van der Waals surface area (Å²) < 4.78 is 5.78. The summed E-state index contributed by atoms with van der Waals surface area (Å²) >= 11 is 0. The fourth-order valence-corrected chi connectivity index (χ4v) is 3.95. The minimum Gasteiger partial charge on any atom is -0.489 e. The second kappa shape index (κ2) is 12.0. The lowest BCUT2D eigenvalue weighted by Gasteiger charge is -2.22. The number of carbonyl (C=O) groups excluding carboxylic acids is 2. The Labute approximate surface area is 211 Å². The van der Waals surface area contributed by atoms with Gasteiger partial charge in [0.1, 0.15) is 18.4 Å². The van der Waals surface area contributed by atoms with Crippen LogP contribution in [0.15, 0.2) is 91.3 Å². The van der Waals surface area contributed by atoms with Gasteiger partial charge in [-0.05, 0) is 46.0 Å². The van der Waals surface area contributed by atoms with Crippen LogP contribution < -0.4 is 15.4 Å². The lowest BCUT2D eigenvalue weighted by Crippen LogP contribution is -2.49. The molecule has 0 saturated carbocycles. The molecule has 184 valence electrons. The van der Waals surface area contributed by atoms with Gasteiger partial charge in [-0.1, -0.05) is 74.5 Å². The first kappa shape index (κ1) is 24.9. The normalized spacial score (nSPS) is 11.8. The molecule has 2 N–H and O–H groups in total. The summed E-state index contributed by atoms with van der Waals surface area (Å²) in [6.07, 6.45) is 3.73. The van der Waals surface area contributed by atoms with E-state index in [1.807, 2.05) is 92.7 Å². The van der Waals surface area contributed by atoms with Gasteiger partial charge < -0.3 is 15.4 Å². The molecule has 4 rings (SSSR count). The average Bonchev–Trinajstić information content (AvgIpc) is 2.90. The zero-order chi connectivity index (χ0) is 25.3. The number of hydrogen-bond acceptors (Lipinski definition) is 4. The Morgan fingerprint density at radius 2 is 1.61 bits per heavy atom. The third kappa shape index (κ3) is 6.92. The first-order valence-electron chi connectivity index (χ1n) is 12.1. The van der Waals surface area contributed by atoms with Crippen LogP contribution in [0, 0.1) is 5.92 Å². The lowest BCUT2D eigenvalue weighted by atomic mass is 10.0. The van der Waals surface area contributed by atoms with Crippen LogP contribution in [0.2, 0.25) is 0 Å². The fraction of sp³-hybridized carbons (Fsp3) is 0.233. The summed E-state index contributed by atoms with van der Waals surface area (Å²) in [5.41, 5.74) is 2.86. The lowest BCUT2D eigenvalue weighted by molar-refractivity contribution is -0.129. The quantitative estimate of drug-likeness (QED) is 0.341. The minimum absolute atomic E-state index is 0.0474. The van der Waals surface area contributed by atoms with E-state index in [4.69, 9.17) is 4.74 Å². The number of hydrogen-bond donors (Lipinski definition) is 2. The molecule has 1 aromatic heterocycles. The molecule has 36 heavy (non-hydrogen) atoms. The highest BCUT2D eigenvalue weighted by molar-refractivity contribution is 5.89. The zero-order valence-electron chi connectivity index (χ0n) is 20.6. The van der Waals surface area contributed by atoms with E-state index < -0.39 is 6.04 Å². The van der Waals surface area contributed by atoms with Crippen LogP contribution in [0.1, 0.15) is 30.5 Å². The molecule has 0 saturated heterocycles. The predicted octanol–water partition coefficient (Wildman–Crippen LogP) is 4.81. The number of ether oxygens (including phenoxy) is 1. The third-order valence-corrected chi connectivity index (χ3v) is 5.96. The molecule has 6 heteroatoms. The molecule has 3 aromatic carbocycles. The maximum atomic E-state index is 12.9. The van der Waals surface area contributed by atoms with Crippen molar-refractivity contribution in [2.24, 2.45) is 5.92 Å². The van der Waals surface area contributed by atoms with Crippen molar-refractivity contribution < 1.29 is 14.3 Å². The molecule has 4 aromatic rings. The van der Waals surface area contributed by atoms with Gasteiger partial charge in [-0.15, -0.1) is 0 Å². The Morgan fingerprint density at radius 1 is 0.861 bits per heavy atom. The summed E-state index contributed by atoms with van der Waals surface area (Å²) in [6, 6.07) is 24.8. The second-order valence-corrected chi connectivity index (χ2v) is 9.16. The second-order valence-electron chi connectivity index (χ2n) is 9.16. The highest BCUT2D eigenvalue weighted by Crippen LogP contribution is 2.17. The van der Waals surface area contributed by atoms with E-state index in [9.17, 15) is 9.59 Å². The van der Waals surface area contributed by atoms with Gasteiger partial charge in [0.2, 0.25) is 11.8 Å². The molecule has 1 unspecified atom stereocenters. The number of nitrogens with one attached hydrogen (secondary N) is 2. The maximum absolute atomic E-state index is 12.9. The van der Waals surface area contributed by atoms with Crippen molar-refractivity contribution in [2.75, 3.05) is 0 Å². The van der Waals surface area contributed by atoms with E-state index in [2.05, 4.69) is 15.6 Å². The Balaban J connectivity index is 1.28. The summed E-state index contributed by atoms with van der Waals surface area (Å²) in [6.45, 7) is 4.66. The molecule has 1 atom stereocenters. The standard InChI is InChI=1S/C30H31N3O3/c1-21(2)29(33-28(34)17-23-9-12-25-7-3-4-8-26(25)16-23)30(35)32-19-22-10-13-27(14-11-22)36-20-24-6-5-15-31-18-24/h3-16,18,21,29H,17,19-20H2,1-2H3,(H,32,35)(H,33,34). The molecule has 0 aliphatic carbocycles. The monoisotopic (exact) mass is 481 g/mol. The van der Waals surface area contributed by atoms with Crippen LogP contribution >= 0.6 is 0 Å². The number of fused-ring (bicyclic) bond motifs is 1. The molecule has 0 spiro atoms. The molecule has 0 aliphatic heterocycles. The van der Waals surface area contributed by atoms with Gasteiger partial charge in [0.15, 0.2) is 0 Å². The van der Waals surface area contributed by atoms with E-state index in [1.54, 1.807) is 12.4 Å².